The van der Waals surface area contributed by atoms with Gasteiger partial charge in [-0.05, 0) is 32.2 Å². The van der Waals surface area contributed by atoms with E-state index in [0.717, 1.165) is 56.6 Å². The van der Waals surface area contributed by atoms with Gasteiger partial charge in [0.05, 0.1) is 11.9 Å². The number of aromatic nitrogens is 4. The summed E-state index contributed by atoms with van der Waals surface area (Å²) in [6, 6.07) is 0. The van der Waals surface area contributed by atoms with Crippen molar-refractivity contribution < 1.29 is 4.79 Å². The topological polar surface area (TPSA) is 75.1 Å². The number of amides is 1. The van der Waals surface area contributed by atoms with Crippen molar-refractivity contribution in [2.24, 2.45) is 0 Å². The second-order valence-corrected chi connectivity index (χ2v) is 6.72. The van der Waals surface area contributed by atoms with E-state index in [1.807, 2.05) is 17.3 Å². The number of hydrogen-bond donors (Lipinski definition) is 0. The number of likely N-dealkylation sites (tertiary alicyclic amines) is 2. The number of nitrogens with zero attached hydrogens (tertiary/aromatic N) is 6. The second-order valence-electron chi connectivity index (χ2n) is 6.72. The smallest absolute Gasteiger partial charge is 0.249 e. The van der Waals surface area contributed by atoms with Crippen LogP contribution in [0.25, 0.3) is 0 Å². The molecule has 0 aromatic carbocycles. The lowest BCUT2D eigenvalue weighted by Crippen LogP contribution is -2.54. The summed E-state index contributed by atoms with van der Waals surface area (Å²) in [7, 11) is 0. The highest BCUT2D eigenvalue weighted by atomic mass is 16.2. The van der Waals surface area contributed by atoms with Crippen LogP contribution in [-0.4, -0.2) is 55.3 Å². The van der Waals surface area contributed by atoms with Gasteiger partial charge in [-0.2, -0.15) is 0 Å². The SMILES string of the molecule is O=C(N1CCCC1)[C@]1(c2cnccn2)CCCN1Cc1cncnc1. The molecule has 25 heavy (non-hydrogen) atoms. The molecule has 1 atom stereocenters. The van der Waals surface area contributed by atoms with Crippen molar-refractivity contribution in [3.05, 3.63) is 48.6 Å². The van der Waals surface area contributed by atoms with Crippen molar-refractivity contribution in [3.63, 3.8) is 0 Å². The van der Waals surface area contributed by atoms with Crippen LogP contribution in [0.1, 0.15) is 36.9 Å². The highest BCUT2D eigenvalue weighted by Crippen LogP contribution is 2.41. The Balaban J connectivity index is 1.72. The third kappa shape index (κ3) is 2.89. The molecule has 2 aromatic rings. The average Bonchev–Trinajstić information content (AvgIpc) is 3.33. The van der Waals surface area contributed by atoms with Crippen LogP contribution in [0, 0.1) is 0 Å². The molecule has 0 saturated carbocycles. The molecular formula is C18H22N6O. The van der Waals surface area contributed by atoms with Crippen LogP contribution in [0.15, 0.2) is 37.3 Å². The van der Waals surface area contributed by atoms with Gasteiger partial charge < -0.3 is 4.90 Å². The van der Waals surface area contributed by atoms with Gasteiger partial charge in [0.1, 0.15) is 11.9 Å². The molecule has 2 aliphatic rings. The maximum Gasteiger partial charge on any atom is 0.249 e. The zero-order valence-electron chi connectivity index (χ0n) is 14.2. The fourth-order valence-electron chi connectivity index (χ4n) is 4.06. The van der Waals surface area contributed by atoms with Crippen LogP contribution < -0.4 is 0 Å². The van der Waals surface area contributed by atoms with Crippen molar-refractivity contribution in [2.75, 3.05) is 19.6 Å². The Bertz CT molecular complexity index is 719. The molecule has 0 N–H and O–H groups in total. The van der Waals surface area contributed by atoms with Gasteiger partial charge in [0.2, 0.25) is 5.91 Å². The molecule has 7 heteroatoms. The lowest BCUT2D eigenvalue weighted by molar-refractivity contribution is -0.143. The van der Waals surface area contributed by atoms with Crippen LogP contribution >= 0.6 is 0 Å². The molecule has 2 saturated heterocycles. The largest absolute Gasteiger partial charge is 0.341 e. The van der Waals surface area contributed by atoms with Gasteiger partial charge in [0.15, 0.2) is 0 Å². The van der Waals surface area contributed by atoms with E-state index in [0.29, 0.717) is 6.54 Å². The van der Waals surface area contributed by atoms with E-state index in [2.05, 4.69) is 24.8 Å². The molecule has 2 aliphatic heterocycles. The van der Waals surface area contributed by atoms with Crippen molar-refractivity contribution in [1.82, 2.24) is 29.7 Å². The molecule has 0 bridgehead atoms. The van der Waals surface area contributed by atoms with Gasteiger partial charge in [0, 0.05) is 50.0 Å². The summed E-state index contributed by atoms with van der Waals surface area (Å²) >= 11 is 0. The summed E-state index contributed by atoms with van der Waals surface area (Å²) in [5.74, 6) is 0.167. The maximum atomic E-state index is 13.6. The molecule has 4 rings (SSSR count). The Morgan fingerprint density at radius 1 is 1.00 bits per heavy atom. The monoisotopic (exact) mass is 338 g/mol. The lowest BCUT2D eigenvalue weighted by Gasteiger charge is -2.39. The minimum Gasteiger partial charge on any atom is -0.341 e. The van der Waals surface area contributed by atoms with Crippen molar-refractivity contribution >= 4 is 5.91 Å². The minimum atomic E-state index is -0.728. The third-order valence-electron chi connectivity index (χ3n) is 5.23. The Labute approximate surface area is 147 Å². The first kappa shape index (κ1) is 16.1. The fraction of sp³-hybridized carbons (Fsp3) is 0.500. The van der Waals surface area contributed by atoms with Crippen LogP contribution in [0.2, 0.25) is 0 Å². The van der Waals surface area contributed by atoms with Gasteiger partial charge in [-0.1, -0.05) is 0 Å². The Morgan fingerprint density at radius 3 is 2.52 bits per heavy atom. The van der Waals surface area contributed by atoms with Crippen LogP contribution in [0.3, 0.4) is 0 Å². The molecule has 7 nitrogen and oxygen atoms in total. The molecule has 2 aromatic heterocycles. The molecule has 2 fully saturated rings. The molecule has 0 aliphatic carbocycles. The van der Waals surface area contributed by atoms with E-state index >= 15 is 0 Å². The summed E-state index contributed by atoms with van der Waals surface area (Å²) in [6.45, 7) is 3.16. The van der Waals surface area contributed by atoms with Gasteiger partial charge in [0.25, 0.3) is 0 Å². The summed E-state index contributed by atoms with van der Waals surface area (Å²) in [4.78, 5) is 34.8. The Morgan fingerprint density at radius 2 is 1.80 bits per heavy atom. The lowest BCUT2D eigenvalue weighted by atomic mass is 9.89. The average molecular weight is 338 g/mol. The van der Waals surface area contributed by atoms with Gasteiger partial charge in [-0.3, -0.25) is 19.7 Å². The molecule has 0 spiro atoms. The molecule has 0 unspecified atom stereocenters. The first-order valence-electron chi connectivity index (χ1n) is 8.85. The van der Waals surface area contributed by atoms with E-state index < -0.39 is 5.54 Å². The second kappa shape index (κ2) is 6.84. The van der Waals surface area contributed by atoms with E-state index in [9.17, 15) is 4.79 Å². The first-order chi connectivity index (χ1) is 12.3. The van der Waals surface area contributed by atoms with Crippen molar-refractivity contribution in [3.8, 4) is 0 Å². The Hall–Kier alpha value is -2.41. The number of rotatable bonds is 4. The zero-order valence-corrected chi connectivity index (χ0v) is 14.2. The first-order valence-corrected chi connectivity index (χ1v) is 8.85. The molecular weight excluding hydrogens is 316 g/mol. The maximum absolute atomic E-state index is 13.6. The van der Waals surface area contributed by atoms with E-state index in [1.165, 1.54) is 6.33 Å². The summed E-state index contributed by atoms with van der Waals surface area (Å²) in [5.41, 5.74) is 1.03. The summed E-state index contributed by atoms with van der Waals surface area (Å²) in [5, 5.41) is 0. The van der Waals surface area contributed by atoms with E-state index in [1.54, 1.807) is 18.6 Å². The predicted molar refractivity (Wildman–Crippen MR) is 91.2 cm³/mol. The van der Waals surface area contributed by atoms with Crippen LogP contribution in [-0.2, 0) is 16.9 Å². The highest BCUT2D eigenvalue weighted by molar-refractivity contribution is 5.87. The third-order valence-corrected chi connectivity index (χ3v) is 5.23. The minimum absolute atomic E-state index is 0.167. The molecule has 4 heterocycles. The van der Waals surface area contributed by atoms with Crippen molar-refractivity contribution in [2.45, 2.75) is 37.8 Å². The number of carbonyl (C=O) groups excluding carboxylic acids is 1. The molecule has 0 radical (unpaired) electrons. The van der Waals surface area contributed by atoms with E-state index in [-0.39, 0.29) is 5.91 Å². The van der Waals surface area contributed by atoms with Gasteiger partial charge in [-0.15, -0.1) is 0 Å². The quantitative estimate of drug-likeness (QED) is 0.838. The van der Waals surface area contributed by atoms with E-state index in [4.69, 9.17) is 0 Å². The Kier molecular flexibility index (Phi) is 4.40. The summed E-state index contributed by atoms with van der Waals surface area (Å²) in [6.07, 6.45) is 14.1. The number of carbonyl (C=O) groups is 1. The standard InChI is InChI=1S/C18H22N6O/c25-17(23-7-1-2-8-23)18(16-12-19-5-6-22-16)4-3-9-24(18)13-15-10-20-14-21-11-15/h5-6,10-12,14H,1-4,7-9,13H2/t18-/m1/s1. The summed E-state index contributed by atoms with van der Waals surface area (Å²) < 4.78 is 0. The zero-order chi connectivity index (χ0) is 17.1. The van der Waals surface area contributed by atoms with Crippen LogP contribution in [0.4, 0.5) is 0 Å². The van der Waals surface area contributed by atoms with Gasteiger partial charge >= 0.3 is 0 Å². The molecule has 130 valence electrons. The van der Waals surface area contributed by atoms with Crippen molar-refractivity contribution in [1.29, 1.82) is 0 Å². The number of hydrogen-bond acceptors (Lipinski definition) is 6. The fourth-order valence-corrected chi connectivity index (χ4v) is 4.06. The highest BCUT2D eigenvalue weighted by Gasteiger charge is 2.52. The molecule has 1 amide bonds. The predicted octanol–water partition coefficient (Wildman–Crippen LogP) is 1.38. The van der Waals surface area contributed by atoms with Gasteiger partial charge in [-0.25, -0.2) is 9.97 Å². The normalized spacial score (nSPS) is 23.9. The van der Waals surface area contributed by atoms with Crippen LogP contribution in [0.5, 0.6) is 0 Å².